The highest BCUT2D eigenvalue weighted by atomic mass is 16.5. The van der Waals surface area contributed by atoms with Crippen LogP contribution in [0.25, 0.3) is 10.9 Å². The zero-order valence-electron chi connectivity index (χ0n) is 21.6. The lowest BCUT2D eigenvalue weighted by atomic mass is 9.87. The molecule has 1 fully saturated rings. The van der Waals surface area contributed by atoms with Crippen molar-refractivity contribution in [1.29, 1.82) is 0 Å². The van der Waals surface area contributed by atoms with Gasteiger partial charge in [-0.3, -0.25) is 29.5 Å². The monoisotopic (exact) mass is 520 g/mol. The fourth-order valence-electron chi connectivity index (χ4n) is 4.77. The number of hydrogen-bond donors (Lipinski definition) is 4. The van der Waals surface area contributed by atoms with Crippen molar-refractivity contribution < 1.29 is 29.4 Å². The van der Waals surface area contributed by atoms with Crippen LogP contribution < -0.4 is 15.5 Å². The smallest absolute Gasteiger partial charge is 0.323 e. The van der Waals surface area contributed by atoms with E-state index in [0.717, 1.165) is 22.2 Å². The summed E-state index contributed by atoms with van der Waals surface area (Å²) < 4.78 is 5.97. The number of carbonyl (C=O) groups is 3. The molecule has 0 radical (unpaired) electrons. The molecular weight excluding hydrogens is 488 g/mol. The number of aryl methyl sites for hydroxylation is 1. The maximum Gasteiger partial charge on any atom is 0.323 e. The molecule has 2 atom stereocenters. The first-order valence-electron chi connectivity index (χ1n) is 12.4. The maximum absolute atomic E-state index is 13.0. The minimum absolute atomic E-state index is 0.142. The summed E-state index contributed by atoms with van der Waals surface area (Å²) in [5.41, 5.74) is 3.65. The van der Waals surface area contributed by atoms with Gasteiger partial charge >= 0.3 is 5.97 Å². The van der Waals surface area contributed by atoms with Crippen LogP contribution >= 0.6 is 0 Å². The summed E-state index contributed by atoms with van der Waals surface area (Å²) in [5, 5.41) is 22.6. The van der Waals surface area contributed by atoms with E-state index >= 15 is 0 Å². The van der Waals surface area contributed by atoms with Crippen molar-refractivity contribution in [2.45, 2.75) is 45.4 Å². The van der Waals surface area contributed by atoms with Gasteiger partial charge in [-0.2, -0.15) is 0 Å². The Kier molecular flexibility index (Phi) is 7.94. The van der Waals surface area contributed by atoms with Crippen molar-refractivity contribution in [2.24, 2.45) is 5.92 Å². The van der Waals surface area contributed by atoms with E-state index in [4.69, 9.17) is 9.94 Å². The summed E-state index contributed by atoms with van der Waals surface area (Å²) >= 11 is 0. The van der Waals surface area contributed by atoms with Gasteiger partial charge in [-0.05, 0) is 63.6 Å². The molecule has 0 spiro atoms. The van der Waals surface area contributed by atoms with E-state index in [1.54, 1.807) is 48.5 Å². The average Bonchev–Trinajstić information content (AvgIpc) is 2.91. The number of benzene rings is 2. The Morgan fingerprint density at radius 3 is 2.53 bits per heavy atom. The Morgan fingerprint density at radius 1 is 1.13 bits per heavy atom. The second-order valence-corrected chi connectivity index (χ2v) is 10.0. The third-order valence-corrected chi connectivity index (χ3v) is 7.13. The molecule has 4 rings (SSSR count). The van der Waals surface area contributed by atoms with Gasteiger partial charge in [0.05, 0.1) is 17.5 Å². The Balaban J connectivity index is 1.44. The van der Waals surface area contributed by atoms with Gasteiger partial charge in [0.25, 0.3) is 5.91 Å². The Hall–Kier alpha value is -4.02. The number of ether oxygens (including phenoxy) is 1. The fourth-order valence-corrected chi connectivity index (χ4v) is 4.77. The number of hydroxylamine groups is 1. The summed E-state index contributed by atoms with van der Waals surface area (Å²) in [7, 11) is 0. The van der Waals surface area contributed by atoms with E-state index in [0.29, 0.717) is 24.5 Å². The molecule has 38 heavy (non-hydrogen) atoms. The van der Waals surface area contributed by atoms with Gasteiger partial charge in [-0.25, -0.2) is 5.48 Å². The van der Waals surface area contributed by atoms with Crippen molar-refractivity contribution in [3.8, 4) is 5.75 Å². The van der Waals surface area contributed by atoms with E-state index in [9.17, 15) is 19.5 Å². The van der Waals surface area contributed by atoms with Crippen LogP contribution in [-0.4, -0.2) is 62.7 Å². The largest absolute Gasteiger partial charge is 0.489 e. The maximum atomic E-state index is 13.0. The molecule has 1 aromatic heterocycles. The quantitative estimate of drug-likeness (QED) is 0.263. The average molecular weight is 521 g/mol. The standard InChI is InChI=1S/C28H32N4O6/c1-17-14-19(21-6-4-5-7-23(21)29-17)16-38-20-10-8-18(9-11-20)25(33)30-24-15-32(28(2,3)27(35)36)13-12-22(24)26(34)31-37/h4-11,14,22,24,37H,12-13,15-16H2,1-3H3,(H,30,33)(H,31,34)(H,35,36). The third kappa shape index (κ3) is 5.76. The molecular formula is C28H32N4O6. The van der Waals surface area contributed by atoms with Crippen molar-refractivity contribution in [3.05, 3.63) is 71.4 Å². The molecule has 1 aliphatic heterocycles. The highest BCUT2D eigenvalue weighted by Gasteiger charge is 2.43. The van der Waals surface area contributed by atoms with E-state index in [1.165, 1.54) is 0 Å². The van der Waals surface area contributed by atoms with Crippen LogP contribution in [-0.2, 0) is 16.2 Å². The number of carboxylic acids is 1. The number of aromatic nitrogens is 1. The van der Waals surface area contributed by atoms with E-state index in [-0.39, 0.29) is 13.0 Å². The Morgan fingerprint density at radius 2 is 1.84 bits per heavy atom. The molecule has 0 saturated carbocycles. The highest BCUT2D eigenvalue weighted by Crippen LogP contribution is 2.26. The molecule has 4 N–H and O–H groups in total. The minimum atomic E-state index is -1.18. The first-order valence-corrected chi connectivity index (χ1v) is 12.4. The van der Waals surface area contributed by atoms with Crippen molar-refractivity contribution in [3.63, 3.8) is 0 Å². The fraction of sp³-hybridized carbons (Fsp3) is 0.357. The number of carboxylic acid groups (broad SMARTS) is 1. The predicted molar refractivity (Wildman–Crippen MR) is 140 cm³/mol. The van der Waals surface area contributed by atoms with Gasteiger partial charge in [0.15, 0.2) is 0 Å². The summed E-state index contributed by atoms with van der Waals surface area (Å²) in [6, 6.07) is 15.8. The lowest BCUT2D eigenvalue weighted by Gasteiger charge is -2.43. The van der Waals surface area contributed by atoms with Crippen LogP contribution in [0, 0.1) is 12.8 Å². The topological polar surface area (TPSA) is 141 Å². The van der Waals surface area contributed by atoms with Crippen LogP contribution in [0.5, 0.6) is 5.75 Å². The second-order valence-electron chi connectivity index (χ2n) is 10.0. The zero-order valence-corrected chi connectivity index (χ0v) is 21.6. The number of pyridine rings is 1. The summed E-state index contributed by atoms with van der Waals surface area (Å²) in [6.07, 6.45) is 0.282. The number of carbonyl (C=O) groups excluding carboxylic acids is 2. The number of rotatable bonds is 8. The van der Waals surface area contributed by atoms with Gasteiger partial charge in [0, 0.05) is 35.3 Å². The van der Waals surface area contributed by atoms with Gasteiger partial charge in [-0.1, -0.05) is 18.2 Å². The molecule has 2 aromatic carbocycles. The molecule has 0 bridgehead atoms. The van der Waals surface area contributed by atoms with Crippen LogP contribution in [0.3, 0.4) is 0 Å². The van der Waals surface area contributed by atoms with Crippen molar-refractivity contribution >= 4 is 28.7 Å². The number of nitrogens with zero attached hydrogens (tertiary/aromatic N) is 2. The van der Waals surface area contributed by atoms with Crippen LogP contribution in [0.4, 0.5) is 0 Å². The zero-order chi connectivity index (χ0) is 27.4. The van der Waals surface area contributed by atoms with E-state index in [1.807, 2.05) is 37.3 Å². The number of piperidine rings is 1. The SMILES string of the molecule is Cc1cc(COc2ccc(C(=O)NC3CN(C(C)(C)C(=O)O)CCC3C(=O)NO)cc2)c2ccccc2n1. The number of amides is 2. The lowest BCUT2D eigenvalue weighted by molar-refractivity contribution is -0.151. The van der Waals surface area contributed by atoms with Gasteiger partial charge in [0.1, 0.15) is 17.9 Å². The molecule has 10 heteroatoms. The molecule has 2 unspecified atom stereocenters. The summed E-state index contributed by atoms with van der Waals surface area (Å²) in [5.74, 6) is -2.15. The highest BCUT2D eigenvalue weighted by molar-refractivity contribution is 5.95. The molecule has 10 nitrogen and oxygen atoms in total. The number of nitrogens with one attached hydrogen (secondary N) is 2. The van der Waals surface area contributed by atoms with Crippen LogP contribution in [0.2, 0.25) is 0 Å². The van der Waals surface area contributed by atoms with Crippen molar-refractivity contribution in [2.75, 3.05) is 13.1 Å². The summed E-state index contributed by atoms with van der Waals surface area (Å²) in [6.45, 7) is 5.91. The van der Waals surface area contributed by atoms with Gasteiger partial charge < -0.3 is 15.2 Å². The molecule has 1 saturated heterocycles. The Bertz CT molecular complexity index is 1340. The molecule has 0 aliphatic carbocycles. The second kappa shape index (κ2) is 11.2. The minimum Gasteiger partial charge on any atom is -0.489 e. The van der Waals surface area contributed by atoms with E-state index < -0.39 is 35.3 Å². The van der Waals surface area contributed by atoms with E-state index in [2.05, 4.69) is 10.3 Å². The summed E-state index contributed by atoms with van der Waals surface area (Å²) in [4.78, 5) is 43.3. The first kappa shape index (κ1) is 27.0. The first-order chi connectivity index (χ1) is 18.1. The molecule has 2 amide bonds. The molecule has 2 heterocycles. The van der Waals surface area contributed by atoms with Crippen LogP contribution in [0.1, 0.15) is 41.9 Å². The number of fused-ring (bicyclic) bond motifs is 1. The molecule has 3 aromatic rings. The van der Waals surface area contributed by atoms with Crippen LogP contribution in [0.15, 0.2) is 54.6 Å². The predicted octanol–water partition coefficient (Wildman–Crippen LogP) is 2.91. The third-order valence-electron chi connectivity index (χ3n) is 7.13. The molecule has 1 aliphatic rings. The lowest BCUT2D eigenvalue weighted by Crippen LogP contribution is -2.62. The van der Waals surface area contributed by atoms with Gasteiger partial charge in [-0.15, -0.1) is 0 Å². The molecule has 200 valence electrons. The number of para-hydroxylation sites is 1. The van der Waals surface area contributed by atoms with Gasteiger partial charge in [0.2, 0.25) is 5.91 Å². The Labute approximate surface area is 220 Å². The van der Waals surface area contributed by atoms with Crippen molar-refractivity contribution in [1.82, 2.24) is 20.7 Å². The normalized spacial score (nSPS) is 18.1. The number of likely N-dealkylation sites (tertiary alicyclic amines) is 1. The number of aliphatic carboxylic acids is 1. The number of hydrogen-bond acceptors (Lipinski definition) is 7.